The van der Waals surface area contributed by atoms with Crippen molar-refractivity contribution in [1.82, 2.24) is 0 Å². The molecule has 16 heavy (non-hydrogen) atoms. The van der Waals surface area contributed by atoms with Gasteiger partial charge in [0.2, 0.25) is 0 Å². The molecule has 1 aromatic carbocycles. The monoisotopic (exact) mass is 242 g/mol. The minimum absolute atomic E-state index is 0.0852. The molecule has 4 heteroatoms. The second kappa shape index (κ2) is 5.95. The maximum Gasteiger partial charge on any atom is 0.314 e. The molecule has 0 aromatic heterocycles. The SMILES string of the molecule is CCC(CC)C(=O)Oc1ccc(F)c(P)c1. The molecule has 0 aliphatic carbocycles. The van der Waals surface area contributed by atoms with Gasteiger partial charge in [-0.3, -0.25) is 4.79 Å². The summed E-state index contributed by atoms with van der Waals surface area (Å²) in [6.45, 7) is 3.89. The second-order valence-electron chi connectivity index (χ2n) is 3.62. The Morgan fingerprint density at radius 1 is 1.44 bits per heavy atom. The lowest BCUT2D eigenvalue weighted by molar-refractivity contribution is -0.139. The van der Waals surface area contributed by atoms with Gasteiger partial charge < -0.3 is 4.74 Å². The van der Waals surface area contributed by atoms with Crippen molar-refractivity contribution in [1.29, 1.82) is 0 Å². The third-order valence-corrected chi connectivity index (χ3v) is 2.95. The number of esters is 1. The maximum absolute atomic E-state index is 13.0. The predicted octanol–water partition coefficient (Wildman–Crippen LogP) is 2.67. The van der Waals surface area contributed by atoms with Crippen molar-refractivity contribution in [3.05, 3.63) is 24.0 Å². The molecule has 1 unspecified atom stereocenters. The Labute approximate surface area is 97.4 Å². The van der Waals surface area contributed by atoms with Gasteiger partial charge in [-0.15, -0.1) is 9.24 Å². The average Bonchev–Trinajstić information content (AvgIpc) is 2.25. The van der Waals surface area contributed by atoms with Crippen LogP contribution in [0.25, 0.3) is 0 Å². The quantitative estimate of drug-likeness (QED) is 0.461. The van der Waals surface area contributed by atoms with Gasteiger partial charge in [0.25, 0.3) is 0 Å². The minimum atomic E-state index is -0.327. The molecular formula is C12H16FO2P. The Morgan fingerprint density at radius 2 is 2.06 bits per heavy atom. The van der Waals surface area contributed by atoms with E-state index in [0.29, 0.717) is 11.1 Å². The van der Waals surface area contributed by atoms with Crippen molar-refractivity contribution in [2.24, 2.45) is 5.92 Å². The van der Waals surface area contributed by atoms with E-state index >= 15 is 0 Å². The lowest BCUT2D eigenvalue weighted by Gasteiger charge is -2.11. The van der Waals surface area contributed by atoms with Crippen molar-refractivity contribution < 1.29 is 13.9 Å². The maximum atomic E-state index is 13.0. The van der Waals surface area contributed by atoms with E-state index in [4.69, 9.17) is 4.74 Å². The van der Waals surface area contributed by atoms with Gasteiger partial charge in [-0.05, 0) is 31.0 Å². The lowest BCUT2D eigenvalue weighted by atomic mass is 10.0. The van der Waals surface area contributed by atoms with Gasteiger partial charge in [-0.1, -0.05) is 13.8 Å². The Hall–Kier alpha value is -0.950. The number of hydrogen-bond donors (Lipinski definition) is 0. The van der Waals surface area contributed by atoms with E-state index in [2.05, 4.69) is 9.24 Å². The van der Waals surface area contributed by atoms with Gasteiger partial charge in [0.05, 0.1) is 5.92 Å². The van der Waals surface area contributed by atoms with Crippen LogP contribution in [0, 0.1) is 11.7 Å². The number of benzene rings is 1. The van der Waals surface area contributed by atoms with Crippen LogP contribution in [0.5, 0.6) is 5.75 Å². The van der Waals surface area contributed by atoms with Gasteiger partial charge in [0.1, 0.15) is 11.6 Å². The molecule has 1 aromatic rings. The van der Waals surface area contributed by atoms with Gasteiger partial charge >= 0.3 is 5.97 Å². The Kier molecular flexibility index (Phi) is 4.88. The first-order chi connectivity index (χ1) is 7.58. The number of ether oxygens (including phenoxy) is 1. The highest BCUT2D eigenvalue weighted by atomic mass is 31.0. The van der Waals surface area contributed by atoms with Crippen LogP contribution in [0.4, 0.5) is 4.39 Å². The molecule has 1 rings (SSSR count). The summed E-state index contributed by atoms with van der Waals surface area (Å²) in [6, 6.07) is 4.25. The fraction of sp³-hybridized carbons (Fsp3) is 0.417. The van der Waals surface area contributed by atoms with E-state index in [-0.39, 0.29) is 17.7 Å². The molecule has 0 amide bonds. The van der Waals surface area contributed by atoms with Crippen molar-refractivity contribution in [2.45, 2.75) is 26.7 Å². The largest absolute Gasteiger partial charge is 0.426 e. The molecule has 1 atom stereocenters. The van der Waals surface area contributed by atoms with Crippen LogP contribution in [0.3, 0.4) is 0 Å². The molecule has 0 heterocycles. The highest BCUT2D eigenvalue weighted by Gasteiger charge is 2.16. The number of carbonyl (C=O) groups excluding carboxylic acids is 1. The smallest absolute Gasteiger partial charge is 0.314 e. The summed E-state index contributed by atoms with van der Waals surface area (Å²) < 4.78 is 18.1. The van der Waals surface area contributed by atoms with E-state index in [0.717, 1.165) is 12.8 Å². The lowest BCUT2D eigenvalue weighted by Crippen LogP contribution is -2.19. The number of halogens is 1. The molecular weight excluding hydrogens is 226 g/mol. The summed E-state index contributed by atoms with van der Waals surface area (Å²) in [6.07, 6.45) is 1.51. The Balaban J connectivity index is 2.73. The standard InChI is InChI=1S/C12H16FO2P/c1-3-8(4-2)12(14)15-9-5-6-10(13)11(16)7-9/h5-8H,3-4,16H2,1-2H3. The summed E-state index contributed by atoms with van der Waals surface area (Å²) in [5.41, 5.74) is 0. The zero-order valence-corrected chi connectivity index (χ0v) is 10.7. The van der Waals surface area contributed by atoms with E-state index in [1.54, 1.807) is 0 Å². The molecule has 0 fully saturated rings. The van der Waals surface area contributed by atoms with E-state index < -0.39 is 0 Å². The molecule has 2 nitrogen and oxygen atoms in total. The van der Waals surface area contributed by atoms with Crippen LogP contribution in [0.2, 0.25) is 0 Å². The fourth-order valence-corrected chi connectivity index (χ4v) is 1.67. The molecule has 0 saturated carbocycles. The zero-order chi connectivity index (χ0) is 12.1. The van der Waals surface area contributed by atoms with Crippen molar-refractivity contribution in [3.8, 4) is 5.75 Å². The van der Waals surface area contributed by atoms with Gasteiger partial charge in [-0.25, -0.2) is 4.39 Å². The Morgan fingerprint density at radius 3 is 2.56 bits per heavy atom. The molecule has 0 aliphatic heterocycles. The van der Waals surface area contributed by atoms with Gasteiger partial charge in [-0.2, -0.15) is 0 Å². The minimum Gasteiger partial charge on any atom is -0.426 e. The Bertz CT molecular complexity index is 375. The van der Waals surface area contributed by atoms with Crippen molar-refractivity contribution in [2.75, 3.05) is 0 Å². The normalized spacial score (nSPS) is 10.6. The van der Waals surface area contributed by atoms with Crippen LogP contribution in [0.1, 0.15) is 26.7 Å². The molecule has 88 valence electrons. The van der Waals surface area contributed by atoms with Crippen molar-refractivity contribution in [3.63, 3.8) is 0 Å². The molecule has 0 N–H and O–H groups in total. The topological polar surface area (TPSA) is 26.3 Å². The van der Waals surface area contributed by atoms with Gasteiger partial charge in [0, 0.05) is 5.30 Å². The van der Waals surface area contributed by atoms with Crippen LogP contribution in [0.15, 0.2) is 18.2 Å². The highest BCUT2D eigenvalue weighted by Crippen LogP contribution is 2.16. The van der Waals surface area contributed by atoms with E-state index in [9.17, 15) is 9.18 Å². The third kappa shape index (κ3) is 3.28. The van der Waals surface area contributed by atoms with Gasteiger partial charge in [0.15, 0.2) is 0 Å². The predicted molar refractivity (Wildman–Crippen MR) is 65.5 cm³/mol. The second-order valence-corrected chi connectivity index (χ2v) is 4.24. The zero-order valence-electron chi connectivity index (χ0n) is 9.50. The summed E-state index contributed by atoms with van der Waals surface area (Å²) >= 11 is 0. The fourth-order valence-electron chi connectivity index (χ4n) is 1.41. The number of carbonyl (C=O) groups is 1. The average molecular weight is 242 g/mol. The van der Waals surface area contributed by atoms with Crippen LogP contribution >= 0.6 is 9.24 Å². The molecule has 0 aliphatic rings. The molecule has 0 spiro atoms. The molecule has 0 radical (unpaired) electrons. The van der Waals surface area contributed by atoms with Crippen LogP contribution < -0.4 is 10.0 Å². The first-order valence-electron chi connectivity index (χ1n) is 5.35. The first kappa shape index (κ1) is 13.1. The summed E-state index contributed by atoms with van der Waals surface area (Å²) in [5.74, 6) is -0.269. The molecule has 0 saturated heterocycles. The van der Waals surface area contributed by atoms with E-state index in [1.807, 2.05) is 13.8 Å². The first-order valence-corrected chi connectivity index (χ1v) is 5.92. The van der Waals surface area contributed by atoms with E-state index in [1.165, 1.54) is 18.2 Å². The number of hydrogen-bond acceptors (Lipinski definition) is 2. The van der Waals surface area contributed by atoms with Crippen molar-refractivity contribution >= 4 is 20.5 Å². The number of rotatable bonds is 4. The van der Waals surface area contributed by atoms with Crippen LogP contribution in [-0.4, -0.2) is 5.97 Å². The summed E-state index contributed by atoms with van der Waals surface area (Å²) in [4.78, 5) is 11.6. The third-order valence-electron chi connectivity index (χ3n) is 2.50. The highest BCUT2D eigenvalue weighted by molar-refractivity contribution is 7.27. The summed E-state index contributed by atoms with van der Waals surface area (Å²) in [5, 5.41) is 0.398. The molecule has 0 bridgehead atoms. The van der Waals surface area contributed by atoms with Crippen LogP contribution in [-0.2, 0) is 4.79 Å². The summed E-state index contributed by atoms with van der Waals surface area (Å²) in [7, 11) is 2.26.